The number of methoxy groups -OCH3 is 1. The van der Waals surface area contributed by atoms with Gasteiger partial charge < -0.3 is 9.47 Å². The van der Waals surface area contributed by atoms with Gasteiger partial charge in [0.05, 0.1) is 7.11 Å². The number of carbonyl (C=O) groups excluding carboxylic acids is 1. The van der Waals surface area contributed by atoms with Gasteiger partial charge >= 0.3 is 0 Å². The van der Waals surface area contributed by atoms with Crippen molar-refractivity contribution in [1.82, 2.24) is 0 Å². The third-order valence-corrected chi connectivity index (χ3v) is 3.32. The van der Waals surface area contributed by atoms with Gasteiger partial charge in [0.15, 0.2) is 11.9 Å². The molecule has 2 aromatic carbocycles. The van der Waals surface area contributed by atoms with E-state index in [2.05, 4.69) is 0 Å². The first kappa shape index (κ1) is 12.8. The first-order valence-electron chi connectivity index (χ1n) is 6.28. The Labute approximate surface area is 115 Å². The van der Waals surface area contributed by atoms with Gasteiger partial charge in [-0.05, 0) is 42.0 Å². The molecule has 1 saturated heterocycles. The zero-order chi connectivity index (χ0) is 14.1. The first-order valence-corrected chi connectivity index (χ1v) is 6.28. The number of epoxide rings is 1. The number of hydrogen-bond acceptors (Lipinski definition) is 3. The summed E-state index contributed by atoms with van der Waals surface area (Å²) in [5.41, 5.74) is 1.40. The van der Waals surface area contributed by atoms with Crippen molar-refractivity contribution in [3.63, 3.8) is 0 Å². The standard InChI is InChI=1S/C16H13FO3/c1-19-13-8-4-11(5-9-13)15-16(20-15)14(18)10-2-6-12(17)7-3-10/h2-9,15-16H,1H3/t15-,16-/m0/s1. The lowest BCUT2D eigenvalue weighted by Gasteiger charge is -2.00. The maximum absolute atomic E-state index is 12.8. The zero-order valence-corrected chi connectivity index (χ0v) is 10.9. The third kappa shape index (κ3) is 2.42. The van der Waals surface area contributed by atoms with Crippen molar-refractivity contribution in [1.29, 1.82) is 0 Å². The summed E-state index contributed by atoms with van der Waals surface area (Å²) in [7, 11) is 1.60. The zero-order valence-electron chi connectivity index (χ0n) is 10.9. The van der Waals surface area contributed by atoms with Crippen LogP contribution < -0.4 is 4.74 Å². The van der Waals surface area contributed by atoms with Gasteiger partial charge in [-0.1, -0.05) is 12.1 Å². The largest absolute Gasteiger partial charge is 0.497 e. The molecule has 1 aliphatic rings. The average Bonchev–Trinajstić information content (AvgIpc) is 3.28. The molecule has 0 spiro atoms. The Bertz CT molecular complexity index is 619. The summed E-state index contributed by atoms with van der Waals surface area (Å²) in [6.07, 6.45) is -0.702. The fourth-order valence-corrected chi connectivity index (χ4v) is 2.14. The van der Waals surface area contributed by atoms with Crippen molar-refractivity contribution in [2.45, 2.75) is 12.2 Å². The quantitative estimate of drug-likeness (QED) is 0.634. The number of hydrogen-bond donors (Lipinski definition) is 0. The van der Waals surface area contributed by atoms with Crippen LogP contribution in [0.1, 0.15) is 22.0 Å². The minimum atomic E-state index is -0.478. The van der Waals surface area contributed by atoms with Gasteiger partial charge in [-0.25, -0.2) is 4.39 Å². The topological polar surface area (TPSA) is 38.8 Å². The van der Waals surface area contributed by atoms with Gasteiger partial charge in [-0.2, -0.15) is 0 Å². The van der Waals surface area contributed by atoms with Crippen molar-refractivity contribution in [3.05, 3.63) is 65.5 Å². The molecule has 102 valence electrons. The molecule has 20 heavy (non-hydrogen) atoms. The summed E-state index contributed by atoms with van der Waals surface area (Å²) >= 11 is 0. The van der Waals surface area contributed by atoms with Crippen LogP contribution >= 0.6 is 0 Å². The lowest BCUT2D eigenvalue weighted by Crippen LogP contribution is -2.08. The predicted molar refractivity (Wildman–Crippen MR) is 71.3 cm³/mol. The molecule has 1 fully saturated rings. The number of halogens is 1. The van der Waals surface area contributed by atoms with Gasteiger partial charge in [0.2, 0.25) is 0 Å². The molecular formula is C16H13FO3. The Morgan fingerprint density at radius 3 is 2.35 bits per heavy atom. The maximum Gasteiger partial charge on any atom is 0.194 e. The van der Waals surface area contributed by atoms with Crippen molar-refractivity contribution in [2.75, 3.05) is 7.11 Å². The van der Waals surface area contributed by atoms with Crippen molar-refractivity contribution in [3.8, 4) is 5.75 Å². The Balaban J connectivity index is 1.71. The molecule has 1 aliphatic heterocycles. The molecule has 0 saturated carbocycles. The molecule has 4 heteroatoms. The van der Waals surface area contributed by atoms with Crippen LogP contribution in [0, 0.1) is 5.82 Å². The molecular weight excluding hydrogens is 259 g/mol. The third-order valence-electron chi connectivity index (χ3n) is 3.32. The van der Waals surface area contributed by atoms with Crippen LogP contribution in [0.3, 0.4) is 0 Å². The molecule has 2 atom stereocenters. The van der Waals surface area contributed by atoms with Crippen LogP contribution in [0.25, 0.3) is 0 Å². The normalized spacial score (nSPS) is 20.5. The van der Waals surface area contributed by atoms with E-state index < -0.39 is 6.10 Å². The fourth-order valence-electron chi connectivity index (χ4n) is 2.14. The Kier molecular flexibility index (Phi) is 3.24. The van der Waals surface area contributed by atoms with Crippen LogP contribution in [-0.4, -0.2) is 19.0 Å². The molecule has 3 nitrogen and oxygen atoms in total. The van der Waals surface area contributed by atoms with E-state index in [-0.39, 0.29) is 17.7 Å². The second-order valence-electron chi connectivity index (χ2n) is 4.62. The molecule has 0 aromatic heterocycles. The minimum absolute atomic E-state index is 0.120. The van der Waals surface area contributed by atoms with Crippen LogP contribution in [0.2, 0.25) is 0 Å². The lowest BCUT2D eigenvalue weighted by molar-refractivity contribution is 0.0953. The predicted octanol–water partition coefficient (Wildman–Crippen LogP) is 3.16. The van der Waals surface area contributed by atoms with E-state index in [1.54, 1.807) is 7.11 Å². The van der Waals surface area contributed by atoms with Gasteiger partial charge in [0, 0.05) is 5.56 Å². The van der Waals surface area contributed by atoms with Gasteiger partial charge in [0.25, 0.3) is 0 Å². The van der Waals surface area contributed by atoms with Gasteiger partial charge in [0.1, 0.15) is 17.7 Å². The molecule has 0 unspecified atom stereocenters. The summed E-state index contributed by atoms with van der Waals surface area (Å²) in [5, 5.41) is 0. The maximum atomic E-state index is 12.8. The molecule has 3 rings (SSSR count). The second-order valence-corrected chi connectivity index (χ2v) is 4.62. The Morgan fingerprint density at radius 2 is 1.75 bits per heavy atom. The van der Waals surface area contributed by atoms with E-state index in [4.69, 9.17) is 9.47 Å². The lowest BCUT2D eigenvalue weighted by atomic mass is 10.0. The van der Waals surface area contributed by atoms with Crippen molar-refractivity contribution < 1.29 is 18.7 Å². The van der Waals surface area contributed by atoms with Crippen molar-refractivity contribution in [2.24, 2.45) is 0 Å². The summed E-state index contributed by atoms with van der Waals surface area (Å²) in [6.45, 7) is 0. The summed E-state index contributed by atoms with van der Waals surface area (Å²) in [5.74, 6) is 0.284. The monoisotopic (exact) mass is 272 g/mol. The molecule has 0 N–H and O–H groups in total. The van der Waals surface area contributed by atoms with E-state index in [0.717, 1.165) is 11.3 Å². The van der Waals surface area contributed by atoms with E-state index in [1.807, 2.05) is 24.3 Å². The molecule has 0 aliphatic carbocycles. The molecule has 2 aromatic rings. The van der Waals surface area contributed by atoms with Crippen LogP contribution in [0.5, 0.6) is 5.75 Å². The minimum Gasteiger partial charge on any atom is -0.497 e. The Hall–Kier alpha value is -2.20. The SMILES string of the molecule is COc1ccc([C@@H]2O[C@H]2C(=O)c2ccc(F)cc2)cc1. The highest BCUT2D eigenvalue weighted by molar-refractivity contribution is 6.01. The smallest absolute Gasteiger partial charge is 0.194 e. The number of rotatable bonds is 4. The summed E-state index contributed by atoms with van der Waals surface area (Å²) in [4.78, 5) is 12.2. The first-order chi connectivity index (χ1) is 9.69. The molecule has 1 heterocycles. The summed E-state index contributed by atoms with van der Waals surface area (Å²) < 4.78 is 23.3. The Morgan fingerprint density at radius 1 is 1.10 bits per heavy atom. The van der Waals surface area contributed by atoms with Gasteiger partial charge in [-0.3, -0.25) is 4.79 Å². The number of carbonyl (C=O) groups is 1. The van der Waals surface area contributed by atoms with E-state index in [0.29, 0.717) is 5.56 Å². The van der Waals surface area contributed by atoms with E-state index in [1.165, 1.54) is 24.3 Å². The van der Waals surface area contributed by atoms with Crippen molar-refractivity contribution >= 4 is 5.78 Å². The van der Waals surface area contributed by atoms with Crippen LogP contribution in [-0.2, 0) is 4.74 Å². The number of Topliss-reactive ketones (excluding diaryl/α,β-unsaturated/α-hetero) is 1. The number of ether oxygens (including phenoxy) is 2. The average molecular weight is 272 g/mol. The number of benzene rings is 2. The molecule has 0 bridgehead atoms. The van der Waals surface area contributed by atoms with Gasteiger partial charge in [-0.15, -0.1) is 0 Å². The van der Waals surface area contributed by atoms with Crippen LogP contribution in [0.15, 0.2) is 48.5 Å². The molecule has 0 radical (unpaired) electrons. The fraction of sp³-hybridized carbons (Fsp3) is 0.188. The van der Waals surface area contributed by atoms with E-state index >= 15 is 0 Å². The highest BCUT2D eigenvalue weighted by atomic mass is 19.1. The second kappa shape index (κ2) is 5.06. The highest BCUT2D eigenvalue weighted by Crippen LogP contribution is 2.41. The number of ketones is 1. The summed E-state index contributed by atoms with van der Waals surface area (Å²) in [6, 6.07) is 12.9. The van der Waals surface area contributed by atoms with Crippen LogP contribution in [0.4, 0.5) is 4.39 Å². The van der Waals surface area contributed by atoms with E-state index in [9.17, 15) is 9.18 Å². The highest BCUT2D eigenvalue weighted by Gasteiger charge is 2.46. The molecule has 0 amide bonds.